The highest BCUT2D eigenvalue weighted by molar-refractivity contribution is 5.76. The van der Waals surface area contributed by atoms with E-state index in [1.807, 2.05) is 0 Å². The number of rotatable bonds is 68. The normalized spacial score (nSPS) is 12.4. The molecule has 6 nitrogen and oxygen atoms in total. The van der Waals surface area contributed by atoms with Crippen LogP contribution in [0.25, 0.3) is 0 Å². The molecule has 0 rings (SSSR count). The Morgan fingerprint density at radius 3 is 0.792 bits per heavy atom. The highest BCUT2D eigenvalue weighted by atomic mass is 16.5. The summed E-state index contributed by atoms with van der Waals surface area (Å²) in [7, 11) is 0. The van der Waals surface area contributed by atoms with Crippen molar-refractivity contribution in [3.63, 3.8) is 0 Å². The van der Waals surface area contributed by atoms with Crippen LogP contribution in [-0.2, 0) is 14.3 Å². The molecule has 0 saturated carbocycles. The molecule has 460 valence electrons. The number of hydrogen-bond donors (Lipinski definition) is 3. The summed E-state index contributed by atoms with van der Waals surface area (Å²) in [5, 5.41) is 23.4. The van der Waals surface area contributed by atoms with Gasteiger partial charge in [0.1, 0.15) is 0 Å². The maximum absolute atomic E-state index is 12.5. The lowest BCUT2D eigenvalue weighted by atomic mass is 10.0. The van der Waals surface area contributed by atoms with Crippen molar-refractivity contribution in [2.45, 2.75) is 431 Å². The molecule has 0 aromatic rings. The second-order valence-electron chi connectivity index (χ2n) is 24.9. The quantitative estimate of drug-likeness (QED) is 0.0417. The summed E-state index contributed by atoms with van der Waals surface area (Å²) in [6.45, 7) is 5.00. The second kappa shape index (κ2) is 67.4. The van der Waals surface area contributed by atoms with Crippen molar-refractivity contribution in [3.8, 4) is 0 Å². The fraction of sp³-hybridized carbons (Fsp3) is 0.972. The van der Waals surface area contributed by atoms with Crippen LogP contribution in [0.1, 0.15) is 418 Å². The summed E-state index contributed by atoms with van der Waals surface area (Å²) >= 11 is 0. The molecule has 0 aliphatic heterocycles. The Labute approximate surface area is 483 Å². The number of amides is 1. The summed E-state index contributed by atoms with van der Waals surface area (Å²) < 4.78 is 5.50. The van der Waals surface area contributed by atoms with Crippen LogP contribution in [0, 0.1) is 0 Å². The van der Waals surface area contributed by atoms with E-state index < -0.39 is 12.1 Å². The number of hydrogen-bond acceptors (Lipinski definition) is 5. The van der Waals surface area contributed by atoms with Gasteiger partial charge in [-0.1, -0.05) is 380 Å². The maximum atomic E-state index is 12.5. The number of nitrogens with one attached hydrogen (secondary N) is 1. The number of carbonyl (C=O) groups is 2. The predicted molar refractivity (Wildman–Crippen MR) is 338 cm³/mol. The molecule has 0 aliphatic rings. The van der Waals surface area contributed by atoms with Gasteiger partial charge in [-0.3, -0.25) is 9.59 Å². The zero-order chi connectivity index (χ0) is 55.7. The number of aliphatic hydroxyl groups is 2. The third-order valence-corrected chi connectivity index (χ3v) is 17.2. The summed E-state index contributed by atoms with van der Waals surface area (Å²) in [6, 6.07) is -0.538. The van der Waals surface area contributed by atoms with Crippen molar-refractivity contribution in [1.82, 2.24) is 5.32 Å². The molecule has 0 heterocycles. The Kier molecular flexibility index (Phi) is 66.4. The van der Waals surface area contributed by atoms with Crippen LogP contribution in [0.2, 0.25) is 0 Å². The van der Waals surface area contributed by atoms with E-state index in [9.17, 15) is 19.8 Å². The van der Waals surface area contributed by atoms with Gasteiger partial charge in [0.05, 0.1) is 25.4 Å². The standard InChI is InChI=1S/C71H141NO5/c1-3-5-7-9-11-13-15-17-19-33-36-39-43-47-51-55-59-63-69(74)68(67-73)72-70(75)64-60-56-52-48-44-40-37-34-31-29-27-25-23-21-20-22-24-26-28-30-32-35-38-42-46-50-54-58-62-66-77-71(76)65-61-57-53-49-45-41-18-16-14-12-10-8-6-4-2/h68-69,73-74H,3-67H2,1-2H3,(H,72,75). The highest BCUT2D eigenvalue weighted by Gasteiger charge is 2.20. The molecule has 0 spiro atoms. The average molecular weight is 1090 g/mol. The van der Waals surface area contributed by atoms with E-state index in [1.165, 1.54) is 347 Å². The molecule has 0 fully saturated rings. The first-order valence-corrected chi connectivity index (χ1v) is 35.8. The van der Waals surface area contributed by atoms with E-state index in [4.69, 9.17) is 4.74 Å². The van der Waals surface area contributed by atoms with Crippen LogP contribution in [0.4, 0.5) is 0 Å². The number of esters is 1. The lowest BCUT2D eigenvalue weighted by Gasteiger charge is -2.22. The first-order chi connectivity index (χ1) is 38.0. The molecule has 2 unspecified atom stereocenters. The average Bonchev–Trinajstić information content (AvgIpc) is 3.43. The Balaban J connectivity index is 3.32. The van der Waals surface area contributed by atoms with Crippen molar-refractivity contribution < 1.29 is 24.5 Å². The lowest BCUT2D eigenvalue weighted by molar-refractivity contribution is -0.143. The molecule has 2 atom stereocenters. The van der Waals surface area contributed by atoms with Gasteiger partial charge >= 0.3 is 5.97 Å². The molecule has 0 saturated heterocycles. The third kappa shape index (κ3) is 63.9. The predicted octanol–water partition coefficient (Wildman–Crippen LogP) is 23.0. The molecule has 0 radical (unpaired) electrons. The molecule has 77 heavy (non-hydrogen) atoms. The highest BCUT2D eigenvalue weighted by Crippen LogP contribution is 2.20. The van der Waals surface area contributed by atoms with Gasteiger partial charge in [0.25, 0.3) is 0 Å². The van der Waals surface area contributed by atoms with Crippen molar-refractivity contribution >= 4 is 11.9 Å². The number of aliphatic hydroxyl groups excluding tert-OH is 2. The van der Waals surface area contributed by atoms with Gasteiger partial charge in [0.15, 0.2) is 0 Å². The monoisotopic (exact) mass is 1090 g/mol. The molecule has 0 bridgehead atoms. The number of ether oxygens (including phenoxy) is 1. The minimum Gasteiger partial charge on any atom is -0.466 e. The van der Waals surface area contributed by atoms with Gasteiger partial charge in [-0.15, -0.1) is 0 Å². The number of carbonyl (C=O) groups excluding carboxylic acids is 2. The van der Waals surface area contributed by atoms with Crippen molar-refractivity contribution in [2.75, 3.05) is 13.2 Å². The van der Waals surface area contributed by atoms with Crippen LogP contribution in [0.3, 0.4) is 0 Å². The third-order valence-electron chi connectivity index (χ3n) is 17.2. The van der Waals surface area contributed by atoms with E-state index in [0.29, 0.717) is 25.9 Å². The Hall–Kier alpha value is -1.14. The van der Waals surface area contributed by atoms with Crippen molar-refractivity contribution in [2.24, 2.45) is 0 Å². The van der Waals surface area contributed by atoms with Crippen LogP contribution in [-0.4, -0.2) is 47.4 Å². The van der Waals surface area contributed by atoms with Crippen LogP contribution >= 0.6 is 0 Å². The van der Waals surface area contributed by atoms with Gasteiger partial charge in [-0.05, 0) is 25.7 Å². The number of unbranched alkanes of at least 4 members (excludes halogenated alkanes) is 57. The summed E-state index contributed by atoms with van der Waals surface area (Å²) in [5.41, 5.74) is 0. The Morgan fingerprint density at radius 2 is 0.532 bits per heavy atom. The SMILES string of the molecule is CCCCCCCCCCCCCCCCCCCC(O)C(CO)NC(=O)CCCCCCCCCCCCCCCCCCCCCCCCCCCCCCCOC(=O)CCCCCCCCCCCCCCCC. The van der Waals surface area contributed by atoms with Gasteiger partial charge in [-0.2, -0.15) is 0 Å². The van der Waals surface area contributed by atoms with Crippen LogP contribution in [0.5, 0.6) is 0 Å². The Morgan fingerprint density at radius 1 is 0.312 bits per heavy atom. The van der Waals surface area contributed by atoms with E-state index in [-0.39, 0.29) is 18.5 Å². The van der Waals surface area contributed by atoms with Gasteiger partial charge in [0, 0.05) is 12.8 Å². The first-order valence-electron chi connectivity index (χ1n) is 35.8. The van der Waals surface area contributed by atoms with Gasteiger partial charge in [0.2, 0.25) is 5.91 Å². The molecule has 0 aromatic heterocycles. The fourth-order valence-corrected chi connectivity index (χ4v) is 11.7. The van der Waals surface area contributed by atoms with Gasteiger partial charge < -0.3 is 20.3 Å². The van der Waals surface area contributed by atoms with Crippen LogP contribution in [0.15, 0.2) is 0 Å². The van der Waals surface area contributed by atoms with Gasteiger partial charge in [-0.25, -0.2) is 0 Å². The molecular formula is C71H141NO5. The molecular weight excluding hydrogens is 947 g/mol. The zero-order valence-corrected chi connectivity index (χ0v) is 52.7. The Bertz CT molecular complexity index is 1120. The fourth-order valence-electron chi connectivity index (χ4n) is 11.7. The lowest BCUT2D eigenvalue weighted by Crippen LogP contribution is -2.45. The minimum absolute atomic E-state index is 0.0230. The van der Waals surface area contributed by atoms with E-state index >= 15 is 0 Å². The summed E-state index contributed by atoms with van der Waals surface area (Å²) in [4.78, 5) is 24.6. The van der Waals surface area contributed by atoms with E-state index in [0.717, 1.165) is 38.5 Å². The largest absolute Gasteiger partial charge is 0.466 e. The topological polar surface area (TPSA) is 95.9 Å². The summed E-state index contributed by atoms with van der Waals surface area (Å²) in [6.07, 6.45) is 81.6. The van der Waals surface area contributed by atoms with Crippen molar-refractivity contribution in [1.29, 1.82) is 0 Å². The molecule has 0 aliphatic carbocycles. The minimum atomic E-state index is -0.661. The maximum Gasteiger partial charge on any atom is 0.305 e. The van der Waals surface area contributed by atoms with Crippen molar-refractivity contribution in [3.05, 3.63) is 0 Å². The second-order valence-corrected chi connectivity index (χ2v) is 24.9. The smallest absolute Gasteiger partial charge is 0.305 e. The first kappa shape index (κ1) is 75.9. The van der Waals surface area contributed by atoms with Crippen LogP contribution < -0.4 is 5.32 Å². The molecule has 1 amide bonds. The molecule has 3 N–H and O–H groups in total. The molecule has 0 aromatic carbocycles. The zero-order valence-electron chi connectivity index (χ0n) is 52.7. The molecule has 6 heteroatoms. The summed E-state index contributed by atoms with van der Waals surface area (Å²) in [5.74, 6) is -0.00387. The van der Waals surface area contributed by atoms with E-state index in [2.05, 4.69) is 19.2 Å². The van der Waals surface area contributed by atoms with E-state index in [1.54, 1.807) is 0 Å².